The van der Waals surface area contributed by atoms with E-state index in [1.807, 2.05) is 6.92 Å². The molecule has 1 saturated heterocycles. The van der Waals surface area contributed by atoms with Crippen molar-refractivity contribution < 1.29 is 18.0 Å². The molecule has 1 aliphatic rings. The summed E-state index contributed by atoms with van der Waals surface area (Å²) < 4.78 is 38.7. The zero-order valence-electron chi connectivity index (χ0n) is 12.9. The molecule has 6 heteroatoms. The number of alkyl halides is 3. The number of nitrogens with zero attached hydrogens (tertiary/aromatic N) is 2. The summed E-state index contributed by atoms with van der Waals surface area (Å²) in [7, 11) is 0. The van der Waals surface area contributed by atoms with Gasteiger partial charge in [0.25, 0.3) is 0 Å². The summed E-state index contributed by atoms with van der Waals surface area (Å²) in [6.07, 6.45) is -3.34. The molecule has 2 rings (SSSR count). The van der Waals surface area contributed by atoms with Crippen LogP contribution < -0.4 is 4.90 Å². The van der Waals surface area contributed by atoms with Gasteiger partial charge in [-0.2, -0.15) is 13.2 Å². The van der Waals surface area contributed by atoms with Crippen molar-refractivity contribution in [3.8, 4) is 0 Å². The molecular formula is C16H21F3N2O. The summed E-state index contributed by atoms with van der Waals surface area (Å²) in [5.74, 6) is -0.137. The standard InChI is InChI=1S/C16H21F3N2O/c1-3-15(22)21(14-8-9-20(4-2)11-14)13-7-5-6-12(10-13)16(17,18)19/h5-7,10,14H,3-4,8-9,11H2,1-2H3. The SMILES string of the molecule is CCC(=O)N(c1cccc(C(F)(F)F)c1)C1CCN(CC)C1. The van der Waals surface area contributed by atoms with Crippen LogP contribution in [-0.2, 0) is 11.0 Å². The summed E-state index contributed by atoms with van der Waals surface area (Å²) in [5.41, 5.74) is -0.381. The van der Waals surface area contributed by atoms with Crippen molar-refractivity contribution in [1.29, 1.82) is 0 Å². The van der Waals surface area contributed by atoms with Gasteiger partial charge in [0.15, 0.2) is 0 Å². The van der Waals surface area contributed by atoms with Crippen molar-refractivity contribution in [2.24, 2.45) is 0 Å². The number of hydrogen-bond acceptors (Lipinski definition) is 2. The number of halogens is 3. The Hall–Kier alpha value is -1.56. The average Bonchev–Trinajstić information content (AvgIpc) is 2.95. The van der Waals surface area contributed by atoms with Crippen LogP contribution >= 0.6 is 0 Å². The maximum absolute atomic E-state index is 12.9. The van der Waals surface area contributed by atoms with E-state index < -0.39 is 11.7 Å². The Balaban J connectivity index is 2.32. The topological polar surface area (TPSA) is 23.6 Å². The second-order valence-electron chi connectivity index (χ2n) is 5.50. The quantitative estimate of drug-likeness (QED) is 0.848. The first-order valence-electron chi connectivity index (χ1n) is 7.58. The van der Waals surface area contributed by atoms with Crippen LogP contribution in [0.5, 0.6) is 0 Å². The molecule has 0 bridgehead atoms. The Morgan fingerprint density at radius 2 is 2.09 bits per heavy atom. The van der Waals surface area contributed by atoms with Gasteiger partial charge in [0, 0.05) is 25.2 Å². The zero-order chi connectivity index (χ0) is 16.3. The Kier molecular flexibility index (Phi) is 5.11. The highest BCUT2D eigenvalue weighted by molar-refractivity contribution is 5.94. The van der Waals surface area contributed by atoms with Gasteiger partial charge in [-0.25, -0.2) is 0 Å². The van der Waals surface area contributed by atoms with Gasteiger partial charge in [-0.3, -0.25) is 4.79 Å². The predicted octanol–water partition coefficient (Wildman–Crippen LogP) is 3.54. The van der Waals surface area contributed by atoms with Crippen LogP contribution in [-0.4, -0.2) is 36.5 Å². The first-order chi connectivity index (χ1) is 10.4. The summed E-state index contributed by atoms with van der Waals surface area (Å²) in [6, 6.07) is 4.99. The number of rotatable bonds is 4. The van der Waals surface area contributed by atoms with E-state index in [1.54, 1.807) is 17.9 Å². The van der Waals surface area contributed by atoms with Gasteiger partial charge in [-0.05, 0) is 31.2 Å². The van der Waals surface area contributed by atoms with Crippen molar-refractivity contribution in [3.63, 3.8) is 0 Å². The minimum Gasteiger partial charge on any atom is -0.308 e. The average molecular weight is 314 g/mol. The van der Waals surface area contributed by atoms with Gasteiger partial charge in [-0.15, -0.1) is 0 Å². The second kappa shape index (κ2) is 6.69. The highest BCUT2D eigenvalue weighted by atomic mass is 19.4. The summed E-state index contributed by atoms with van der Waals surface area (Å²) >= 11 is 0. The number of anilines is 1. The lowest BCUT2D eigenvalue weighted by atomic mass is 10.1. The molecule has 22 heavy (non-hydrogen) atoms. The Labute approximate surface area is 128 Å². The zero-order valence-corrected chi connectivity index (χ0v) is 12.9. The Morgan fingerprint density at radius 3 is 2.64 bits per heavy atom. The lowest BCUT2D eigenvalue weighted by Crippen LogP contribution is -2.42. The molecule has 0 aromatic heterocycles. The van der Waals surface area contributed by atoms with Crippen LogP contribution in [0.25, 0.3) is 0 Å². The third-order valence-corrected chi connectivity index (χ3v) is 4.08. The number of amides is 1. The largest absolute Gasteiger partial charge is 0.416 e. The maximum Gasteiger partial charge on any atom is 0.416 e. The van der Waals surface area contributed by atoms with Crippen molar-refractivity contribution >= 4 is 11.6 Å². The molecule has 1 atom stereocenters. The normalized spacial score (nSPS) is 19.4. The first-order valence-corrected chi connectivity index (χ1v) is 7.58. The molecule has 0 radical (unpaired) electrons. The molecule has 0 N–H and O–H groups in total. The third kappa shape index (κ3) is 3.61. The van der Waals surface area contributed by atoms with Gasteiger partial charge in [0.1, 0.15) is 0 Å². The molecule has 1 amide bonds. The highest BCUT2D eigenvalue weighted by Crippen LogP contribution is 2.33. The van der Waals surface area contributed by atoms with Gasteiger partial charge in [0.2, 0.25) is 5.91 Å². The fourth-order valence-electron chi connectivity index (χ4n) is 2.87. The van der Waals surface area contributed by atoms with Gasteiger partial charge in [0.05, 0.1) is 11.6 Å². The van der Waals surface area contributed by atoms with E-state index in [1.165, 1.54) is 6.07 Å². The summed E-state index contributed by atoms with van der Waals surface area (Å²) in [5, 5.41) is 0. The summed E-state index contributed by atoms with van der Waals surface area (Å²) in [4.78, 5) is 16.0. The molecule has 122 valence electrons. The highest BCUT2D eigenvalue weighted by Gasteiger charge is 2.34. The van der Waals surface area contributed by atoms with Crippen molar-refractivity contribution in [3.05, 3.63) is 29.8 Å². The minimum absolute atomic E-state index is 0.0594. The van der Waals surface area contributed by atoms with E-state index in [9.17, 15) is 18.0 Å². The second-order valence-corrected chi connectivity index (χ2v) is 5.50. The van der Waals surface area contributed by atoms with Crippen molar-refractivity contribution in [2.75, 3.05) is 24.5 Å². The first kappa shape index (κ1) is 16.8. The number of likely N-dealkylation sites (N-methyl/N-ethyl adjacent to an activating group) is 1. The molecule has 1 aromatic carbocycles. The number of hydrogen-bond donors (Lipinski definition) is 0. The molecule has 0 spiro atoms. The molecule has 1 unspecified atom stereocenters. The molecule has 3 nitrogen and oxygen atoms in total. The van der Waals surface area contributed by atoms with E-state index in [2.05, 4.69) is 4.90 Å². The number of carbonyl (C=O) groups excluding carboxylic acids is 1. The molecular weight excluding hydrogens is 293 g/mol. The van der Waals surface area contributed by atoms with Gasteiger partial charge in [-0.1, -0.05) is 19.9 Å². The molecule has 0 aliphatic carbocycles. The van der Waals surface area contributed by atoms with E-state index in [0.29, 0.717) is 12.2 Å². The predicted molar refractivity (Wildman–Crippen MR) is 79.7 cm³/mol. The monoisotopic (exact) mass is 314 g/mol. The lowest BCUT2D eigenvalue weighted by molar-refractivity contribution is -0.137. The van der Waals surface area contributed by atoms with Crippen LogP contribution in [0.15, 0.2) is 24.3 Å². The fraction of sp³-hybridized carbons (Fsp3) is 0.562. The van der Waals surface area contributed by atoms with Gasteiger partial charge < -0.3 is 9.80 Å². The molecule has 1 heterocycles. The van der Waals surface area contributed by atoms with E-state index in [-0.39, 0.29) is 18.4 Å². The molecule has 1 aliphatic heterocycles. The smallest absolute Gasteiger partial charge is 0.308 e. The molecule has 0 saturated carbocycles. The van der Waals surface area contributed by atoms with Crippen LogP contribution in [0.1, 0.15) is 32.3 Å². The summed E-state index contributed by atoms with van der Waals surface area (Å²) in [6.45, 7) is 6.23. The fourth-order valence-corrected chi connectivity index (χ4v) is 2.87. The van der Waals surface area contributed by atoms with Crippen LogP contribution in [0.4, 0.5) is 18.9 Å². The Morgan fingerprint density at radius 1 is 1.36 bits per heavy atom. The molecule has 1 aromatic rings. The number of likely N-dealkylation sites (tertiary alicyclic amines) is 1. The van der Waals surface area contributed by atoms with E-state index in [0.717, 1.165) is 31.6 Å². The molecule has 1 fully saturated rings. The number of benzene rings is 1. The van der Waals surface area contributed by atoms with Crippen molar-refractivity contribution in [2.45, 2.75) is 38.9 Å². The Bertz CT molecular complexity index is 530. The minimum atomic E-state index is -4.40. The van der Waals surface area contributed by atoms with Crippen LogP contribution in [0, 0.1) is 0 Å². The van der Waals surface area contributed by atoms with Gasteiger partial charge >= 0.3 is 6.18 Å². The third-order valence-electron chi connectivity index (χ3n) is 4.08. The maximum atomic E-state index is 12.9. The van der Waals surface area contributed by atoms with E-state index >= 15 is 0 Å². The van der Waals surface area contributed by atoms with Crippen LogP contribution in [0.3, 0.4) is 0 Å². The van der Waals surface area contributed by atoms with E-state index in [4.69, 9.17) is 0 Å². The number of carbonyl (C=O) groups is 1. The van der Waals surface area contributed by atoms with Crippen LogP contribution in [0.2, 0.25) is 0 Å². The lowest BCUT2D eigenvalue weighted by Gasteiger charge is -2.29. The van der Waals surface area contributed by atoms with Crippen molar-refractivity contribution in [1.82, 2.24) is 4.90 Å².